The molecule has 0 aromatic carbocycles. The fourth-order valence-corrected chi connectivity index (χ4v) is 2.75. The molecule has 0 N–H and O–H groups in total. The van der Waals surface area contributed by atoms with Crippen LogP contribution in [0.15, 0.2) is 0 Å². The van der Waals surface area contributed by atoms with Gasteiger partial charge in [0.05, 0.1) is 0 Å². The molecule has 11 heteroatoms. The summed E-state index contributed by atoms with van der Waals surface area (Å²) in [6, 6.07) is 0. The molecule has 0 aliphatic carbocycles. The van der Waals surface area contributed by atoms with Gasteiger partial charge in [0.25, 0.3) is 0 Å². The second kappa shape index (κ2) is 5.74. The molecule has 0 aromatic heterocycles. The molecule has 0 saturated carbocycles. The highest BCUT2D eigenvalue weighted by Crippen LogP contribution is 2.53. The normalized spacial score (nSPS) is 16.3. The first kappa shape index (κ1) is 21.9. The van der Waals surface area contributed by atoms with Crippen molar-refractivity contribution in [2.45, 2.75) is 58.6 Å². The summed E-state index contributed by atoms with van der Waals surface area (Å²) in [5.74, 6) is -9.73. The lowest BCUT2D eigenvalue weighted by molar-refractivity contribution is -0.332. The minimum absolute atomic E-state index is 0.133. The minimum atomic E-state index is -4.87. The molecule has 0 atom stereocenters. The third-order valence-electron chi connectivity index (χ3n) is 2.73. The Morgan fingerprint density at radius 2 is 0.762 bits per heavy atom. The zero-order valence-electron chi connectivity index (χ0n) is 11.2. The topological polar surface area (TPSA) is 9.23 Å². The van der Waals surface area contributed by atoms with E-state index in [2.05, 4.69) is 4.74 Å². The SMILES string of the molecule is CC(C)(OC(C)(C)C(F)(F)C(F)(F)I)C(F)(F)C(F)(F)I. The highest BCUT2D eigenvalue weighted by molar-refractivity contribution is 14.1. The van der Waals surface area contributed by atoms with Crippen molar-refractivity contribution >= 4 is 45.2 Å². The predicted octanol–water partition coefficient (Wildman–Crippen LogP) is 5.89. The van der Waals surface area contributed by atoms with Gasteiger partial charge in [-0.15, -0.1) is 0 Å². The van der Waals surface area contributed by atoms with Crippen LogP contribution in [0.2, 0.25) is 0 Å². The van der Waals surface area contributed by atoms with E-state index >= 15 is 0 Å². The number of alkyl halides is 10. The maximum absolute atomic E-state index is 13.6. The van der Waals surface area contributed by atoms with Gasteiger partial charge in [0.1, 0.15) is 11.2 Å². The average molecular weight is 554 g/mol. The van der Waals surface area contributed by atoms with Crippen molar-refractivity contribution < 1.29 is 39.9 Å². The van der Waals surface area contributed by atoms with E-state index in [1.807, 2.05) is 0 Å². The van der Waals surface area contributed by atoms with Gasteiger partial charge in [-0.2, -0.15) is 35.1 Å². The molecule has 0 radical (unpaired) electrons. The van der Waals surface area contributed by atoms with Gasteiger partial charge in [-0.1, -0.05) is 0 Å². The second-order valence-electron chi connectivity index (χ2n) is 5.27. The summed E-state index contributed by atoms with van der Waals surface area (Å²) in [4.78, 5) is 0. The van der Waals surface area contributed by atoms with Crippen molar-refractivity contribution in [2.75, 3.05) is 0 Å². The van der Waals surface area contributed by atoms with Crippen LogP contribution in [0.25, 0.3) is 0 Å². The van der Waals surface area contributed by atoms with Crippen LogP contribution in [-0.2, 0) is 4.74 Å². The third-order valence-corrected chi connectivity index (χ3v) is 4.09. The molecule has 128 valence electrons. The van der Waals surface area contributed by atoms with Crippen LogP contribution in [0.5, 0.6) is 0 Å². The van der Waals surface area contributed by atoms with E-state index in [4.69, 9.17) is 0 Å². The van der Waals surface area contributed by atoms with Gasteiger partial charge in [0, 0.05) is 45.2 Å². The summed E-state index contributed by atoms with van der Waals surface area (Å²) in [7, 11) is 0. The van der Waals surface area contributed by atoms with E-state index in [1.54, 1.807) is 0 Å². The number of hydrogen-bond donors (Lipinski definition) is 0. The van der Waals surface area contributed by atoms with E-state index in [0.29, 0.717) is 27.7 Å². The van der Waals surface area contributed by atoms with E-state index in [9.17, 15) is 35.1 Å². The number of ether oxygens (including phenoxy) is 1. The molecule has 0 unspecified atom stereocenters. The van der Waals surface area contributed by atoms with Gasteiger partial charge in [0.15, 0.2) is 0 Å². The maximum Gasteiger partial charge on any atom is 0.361 e. The molecule has 21 heavy (non-hydrogen) atoms. The summed E-state index contributed by atoms with van der Waals surface area (Å²) in [5, 5.41) is 0. The van der Waals surface area contributed by atoms with Crippen molar-refractivity contribution in [2.24, 2.45) is 0 Å². The van der Waals surface area contributed by atoms with Crippen molar-refractivity contribution in [3.8, 4) is 0 Å². The minimum Gasteiger partial charge on any atom is -0.357 e. The molecule has 0 saturated heterocycles. The van der Waals surface area contributed by atoms with E-state index in [-0.39, 0.29) is 45.2 Å². The summed E-state index contributed by atoms with van der Waals surface area (Å²) in [6.45, 7) is 1.73. The van der Waals surface area contributed by atoms with Crippen LogP contribution in [0.1, 0.15) is 27.7 Å². The lowest BCUT2D eigenvalue weighted by Crippen LogP contribution is -2.62. The molecule has 0 rings (SSSR count). The highest BCUT2D eigenvalue weighted by atomic mass is 127. The zero-order valence-corrected chi connectivity index (χ0v) is 15.5. The van der Waals surface area contributed by atoms with Gasteiger partial charge in [-0.25, -0.2) is 0 Å². The van der Waals surface area contributed by atoms with Crippen molar-refractivity contribution in [3.05, 3.63) is 0 Å². The smallest absolute Gasteiger partial charge is 0.357 e. The number of hydrogen-bond acceptors (Lipinski definition) is 1. The molecular weight excluding hydrogens is 542 g/mol. The standard InChI is InChI=1S/C10H12F8I2O/c1-5(2,7(11,12)9(15,16)19)21-6(3,4)8(13,14)10(17,18)20/h1-4H3. The fraction of sp³-hybridized carbons (Fsp3) is 1.00. The predicted molar refractivity (Wildman–Crippen MR) is 77.1 cm³/mol. The summed E-state index contributed by atoms with van der Waals surface area (Å²) < 4.78 is 101. The lowest BCUT2D eigenvalue weighted by atomic mass is 9.95. The quantitative estimate of drug-likeness (QED) is 0.227. The van der Waals surface area contributed by atoms with E-state index in [0.717, 1.165) is 0 Å². The van der Waals surface area contributed by atoms with Gasteiger partial charge < -0.3 is 4.74 Å². The molecule has 0 heterocycles. The molecule has 0 aliphatic heterocycles. The molecule has 0 fully saturated rings. The first-order chi connectivity index (χ1) is 8.71. The Balaban J connectivity index is 5.65. The Kier molecular flexibility index (Phi) is 5.98. The molecule has 0 aliphatic rings. The Hall–Kier alpha value is 0.860. The first-order valence-electron chi connectivity index (χ1n) is 5.30. The highest BCUT2D eigenvalue weighted by Gasteiger charge is 2.70. The number of rotatable bonds is 6. The molecule has 0 aromatic rings. The average Bonchev–Trinajstić information content (AvgIpc) is 2.11. The molecule has 0 bridgehead atoms. The Bertz CT molecular complexity index is 347. The Morgan fingerprint density at radius 1 is 0.571 bits per heavy atom. The van der Waals surface area contributed by atoms with Crippen molar-refractivity contribution in [1.29, 1.82) is 0 Å². The molecule has 0 spiro atoms. The van der Waals surface area contributed by atoms with Crippen LogP contribution in [0.3, 0.4) is 0 Å². The maximum atomic E-state index is 13.6. The fourth-order valence-electron chi connectivity index (χ4n) is 1.45. The summed E-state index contributed by atoms with van der Waals surface area (Å²) in [5.41, 5.74) is -6.24. The molecular formula is C10H12F8I2O. The van der Waals surface area contributed by atoms with Gasteiger partial charge in [-0.3, -0.25) is 0 Å². The van der Waals surface area contributed by atoms with Crippen LogP contribution in [-0.4, -0.2) is 30.9 Å². The van der Waals surface area contributed by atoms with Crippen LogP contribution in [0.4, 0.5) is 35.1 Å². The van der Waals surface area contributed by atoms with Gasteiger partial charge in [-0.05, 0) is 27.7 Å². The van der Waals surface area contributed by atoms with Crippen LogP contribution >= 0.6 is 45.2 Å². The number of halogens is 10. The van der Waals surface area contributed by atoms with Gasteiger partial charge in [0.2, 0.25) is 0 Å². The summed E-state index contributed by atoms with van der Waals surface area (Å²) >= 11 is 0.266. The van der Waals surface area contributed by atoms with E-state index in [1.165, 1.54) is 0 Å². The Labute approximate surface area is 143 Å². The summed E-state index contributed by atoms with van der Waals surface area (Å²) in [6.07, 6.45) is 0. The lowest BCUT2D eigenvalue weighted by Gasteiger charge is -2.45. The Morgan fingerprint density at radius 3 is 0.905 bits per heavy atom. The van der Waals surface area contributed by atoms with E-state index < -0.39 is 30.9 Å². The first-order valence-corrected chi connectivity index (χ1v) is 7.46. The van der Waals surface area contributed by atoms with Crippen LogP contribution in [0, 0.1) is 0 Å². The molecule has 1 nitrogen and oxygen atoms in total. The largest absolute Gasteiger partial charge is 0.361 e. The zero-order chi connectivity index (χ0) is 17.7. The van der Waals surface area contributed by atoms with Gasteiger partial charge >= 0.3 is 19.7 Å². The molecule has 0 amide bonds. The second-order valence-corrected chi connectivity index (χ2v) is 7.98. The van der Waals surface area contributed by atoms with Crippen molar-refractivity contribution in [3.63, 3.8) is 0 Å². The van der Waals surface area contributed by atoms with Crippen LogP contribution < -0.4 is 0 Å². The monoisotopic (exact) mass is 554 g/mol. The third kappa shape index (κ3) is 4.04. The van der Waals surface area contributed by atoms with Crippen molar-refractivity contribution in [1.82, 2.24) is 0 Å².